The molecular weight excluding hydrogens is 414 g/mol. The fourth-order valence-electron chi connectivity index (χ4n) is 4.16. The zero-order chi connectivity index (χ0) is 24.1. The highest BCUT2D eigenvalue weighted by atomic mass is 15.3. The van der Waals surface area contributed by atoms with Crippen LogP contribution in [0.5, 0.6) is 0 Å². The van der Waals surface area contributed by atoms with Gasteiger partial charge in [0.1, 0.15) is 0 Å². The number of pyridine rings is 1. The maximum Gasteiger partial charge on any atom is 0.169 e. The number of aromatic nitrogens is 1. The summed E-state index contributed by atoms with van der Waals surface area (Å²) in [6.45, 7) is 6.48. The number of nitrogens with zero attached hydrogens (tertiary/aromatic N) is 3. The molecule has 0 amide bonds. The highest BCUT2D eigenvalue weighted by Crippen LogP contribution is 2.35. The second kappa shape index (κ2) is 10.2. The molecule has 1 heterocycles. The van der Waals surface area contributed by atoms with Gasteiger partial charge in [-0.15, -0.1) is 0 Å². The zero-order valence-electron chi connectivity index (χ0n) is 21.2. The van der Waals surface area contributed by atoms with Gasteiger partial charge in [0.05, 0.1) is 34.1 Å². The molecule has 0 atom stereocenters. The van der Waals surface area contributed by atoms with E-state index in [4.69, 9.17) is 0 Å². The van der Waals surface area contributed by atoms with Crippen LogP contribution in [0.4, 0.5) is 17.1 Å². The van der Waals surface area contributed by atoms with Crippen LogP contribution < -0.4 is 9.47 Å². The highest BCUT2D eigenvalue weighted by Gasteiger charge is 2.13. The lowest BCUT2D eigenvalue weighted by Gasteiger charge is -2.26. The Bertz CT molecular complexity index is 1140. The van der Waals surface area contributed by atoms with Gasteiger partial charge in [0.2, 0.25) is 0 Å². The third-order valence-corrected chi connectivity index (χ3v) is 6.18. The molecule has 0 aliphatic rings. The molecule has 3 aromatic carbocycles. The number of benzene rings is 3. The summed E-state index contributed by atoms with van der Waals surface area (Å²) >= 11 is 0. The molecule has 0 N–H and O–H groups in total. The summed E-state index contributed by atoms with van der Waals surface area (Å²) in [5.41, 5.74) is 8.49. The first-order valence-electron chi connectivity index (χ1n) is 12.1. The smallest absolute Gasteiger partial charge is 0.169 e. The lowest BCUT2D eigenvalue weighted by molar-refractivity contribution is -0.873. The Morgan fingerprint density at radius 1 is 0.588 bits per heavy atom. The van der Waals surface area contributed by atoms with Gasteiger partial charge in [0.25, 0.3) is 0 Å². The minimum Gasteiger partial charge on any atom is -0.331 e. The SMILES string of the molecule is Cc1ccc(N(c2ccc(C)cc2)c2ccc(-c3cc[n+](CCC[N+](C)(C)C)cc3)cc2)cc1. The summed E-state index contributed by atoms with van der Waals surface area (Å²) in [5, 5.41) is 0. The quantitative estimate of drug-likeness (QED) is 0.210. The van der Waals surface area contributed by atoms with Crippen molar-refractivity contribution in [2.75, 3.05) is 32.6 Å². The van der Waals surface area contributed by atoms with E-state index in [1.165, 1.54) is 35.2 Å². The van der Waals surface area contributed by atoms with E-state index < -0.39 is 0 Å². The Labute approximate surface area is 205 Å². The molecule has 34 heavy (non-hydrogen) atoms. The summed E-state index contributed by atoms with van der Waals surface area (Å²) in [4.78, 5) is 2.31. The van der Waals surface area contributed by atoms with Crippen molar-refractivity contribution >= 4 is 17.1 Å². The molecule has 0 aliphatic carbocycles. The molecule has 0 bridgehead atoms. The molecule has 1 aromatic heterocycles. The third-order valence-electron chi connectivity index (χ3n) is 6.18. The minimum atomic E-state index is 1.01. The van der Waals surface area contributed by atoms with Crippen molar-refractivity contribution in [3.05, 3.63) is 108 Å². The number of quaternary nitrogens is 1. The molecule has 4 aromatic rings. The van der Waals surface area contributed by atoms with E-state index in [2.05, 4.69) is 142 Å². The summed E-state index contributed by atoms with van der Waals surface area (Å²) in [6, 6.07) is 30.8. The monoisotopic (exact) mass is 451 g/mol. The molecule has 0 saturated heterocycles. The molecule has 0 spiro atoms. The lowest BCUT2D eigenvalue weighted by atomic mass is 10.1. The molecule has 4 rings (SSSR count). The molecule has 0 unspecified atom stereocenters. The maximum absolute atomic E-state index is 2.31. The maximum atomic E-state index is 2.31. The van der Waals surface area contributed by atoms with Crippen molar-refractivity contribution in [3.63, 3.8) is 0 Å². The normalized spacial score (nSPS) is 11.4. The van der Waals surface area contributed by atoms with Gasteiger partial charge in [-0.1, -0.05) is 47.5 Å². The first kappa shape index (κ1) is 23.7. The molecular formula is C31H37N3+2. The van der Waals surface area contributed by atoms with Gasteiger partial charge in [-0.2, -0.15) is 0 Å². The standard InChI is InChI=1S/C31H37N3/c1-25-7-13-29(14-8-25)33(30-15-9-26(2)10-16-30)31-17-11-27(12-18-31)28-19-22-32(23-20-28)21-6-24-34(3,4)5/h7-20,22-23H,6,21,24H2,1-5H3/q+2. The molecule has 0 fully saturated rings. The van der Waals surface area contributed by atoms with Crippen LogP contribution in [-0.4, -0.2) is 32.2 Å². The van der Waals surface area contributed by atoms with Crippen molar-refractivity contribution < 1.29 is 9.05 Å². The fourth-order valence-corrected chi connectivity index (χ4v) is 4.16. The van der Waals surface area contributed by atoms with Crippen LogP contribution in [0.2, 0.25) is 0 Å². The van der Waals surface area contributed by atoms with Crippen molar-refractivity contribution in [2.45, 2.75) is 26.8 Å². The van der Waals surface area contributed by atoms with Crippen LogP contribution in [0, 0.1) is 13.8 Å². The summed E-state index contributed by atoms with van der Waals surface area (Å²) in [7, 11) is 6.74. The number of anilines is 3. The van der Waals surface area contributed by atoms with Crippen LogP contribution in [0.15, 0.2) is 97.3 Å². The van der Waals surface area contributed by atoms with Gasteiger partial charge in [-0.25, -0.2) is 4.57 Å². The highest BCUT2D eigenvalue weighted by molar-refractivity contribution is 5.78. The van der Waals surface area contributed by atoms with E-state index >= 15 is 0 Å². The van der Waals surface area contributed by atoms with Gasteiger partial charge in [-0.3, -0.25) is 0 Å². The Morgan fingerprint density at radius 3 is 1.44 bits per heavy atom. The molecule has 3 nitrogen and oxygen atoms in total. The average molecular weight is 452 g/mol. The van der Waals surface area contributed by atoms with Crippen molar-refractivity contribution in [1.82, 2.24) is 0 Å². The summed E-state index contributed by atoms with van der Waals surface area (Å²) in [6.07, 6.45) is 5.57. The second-order valence-electron chi connectivity index (χ2n) is 10.2. The van der Waals surface area contributed by atoms with E-state index in [0.717, 1.165) is 28.1 Å². The van der Waals surface area contributed by atoms with Crippen molar-refractivity contribution in [1.29, 1.82) is 0 Å². The van der Waals surface area contributed by atoms with Crippen LogP contribution in [-0.2, 0) is 6.54 Å². The summed E-state index contributed by atoms with van der Waals surface area (Å²) < 4.78 is 3.29. The predicted molar refractivity (Wildman–Crippen MR) is 144 cm³/mol. The number of hydrogen-bond acceptors (Lipinski definition) is 1. The Kier molecular flexibility index (Phi) is 7.14. The predicted octanol–water partition coefficient (Wildman–Crippen LogP) is 6.82. The number of aryl methyl sites for hydroxylation is 3. The van der Waals surface area contributed by atoms with E-state index in [-0.39, 0.29) is 0 Å². The largest absolute Gasteiger partial charge is 0.331 e. The fraction of sp³-hybridized carbons (Fsp3) is 0.258. The Balaban J connectivity index is 1.55. The lowest BCUT2D eigenvalue weighted by Crippen LogP contribution is -2.39. The average Bonchev–Trinajstić information content (AvgIpc) is 2.82. The minimum absolute atomic E-state index is 1.01. The first-order valence-corrected chi connectivity index (χ1v) is 12.1. The van der Waals surface area contributed by atoms with Gasteiger partial charge in [-0.05, 0) is 61.4 Å². The van der Waals surface area contributed by atoms with Gasteiger partial charge >= 0.3 is 0 Å². The first-order chi connectivity index (χ1) is 16.3. The molecule has 0 aliphatic heterocycles. The van der Waals surface area contributed by atoms with Crippen LogP contribution in [0.25, 0.3) is 11.1 Å². The van der Waals surface area contributed by atoms with Crippen LogP contribution in [0.1, 0.15) is 17.5 Å². The number of rotatable bonds is 8. The molecule has 0 radical (unpaired) electrons. The molecule has 174 valence electrons. The Hall–Kier alpha value is -3.43. The molecule has 3 heteroatoms. The van der Waals surface area contributed by atoms with E-state index in [9.17, 15) is 0 Å². The topological polar surface area (TPSA) is 7.12 Å². The van der Waals surface area contributed by atoms with Gasteiger partial charge in [0, 0.05) is 29.2 Å². The van der Waals surface area contributed by atoms with E-state index in [1.807, 2.05) is 0 Å². The van der Waals surface area contributed by atoms with Crippen molar-refractivity contribution in [3.8, 4) is 11.1 Å². The molecule has 0 saturated carbocycles. The van der Waals surface area contributed by atoms with E-state index in [0.29, 0.717) is 0 Å². The van der Waals surface area contributed by atoms with Crippen molar-refractivity contribution in [2.24, 2.45) is 0 Å². The summed E-state index contributed by atoms with van der Waals surface area (Å²) in [5.74, 6) is 0. The van der Waals surface area contributed by atoms with Gasteiger partial charge in [0.15, 0.2) is 18.9 Å². The van der Waals surface area contributed by atoms with Crippen LogP contribution >= 0.6 is 0 Å². The van der Waals surface area contributed by atoms with E-state index in [1.54, 1.807) is 0 Å². The van der Waals surface area contributed by atoms with Crippen LogP contribution in [0.3, 0.4) is 0 Å². The number of hydrogen-bond donors (Lipinski definition) is 0. The third kappa shape index (κ3) is 6.12. The van der Waals surface area contributed by atoms with Gasteiger partial charge < -0.3 is 9.38 Å². The zero-order valence-corrected chi connectivity index (χ0v) is 21.2. The second-order valence-corrected chi connectivity index (χ2v) is 10.2. The Morgan fingerprint density at radius 2 is 1.00 bits per heavy atom.